The molecule has 5 nitrogen and oxygen atoms in total. The molecule has 0 amide bonds. The predicted octanol–water partition coefficient (Wildman–Crippen LogP) is 3.66. The van der Waals surface area contributed by atoms with E-state index >= 15 is 0 Å². The molecule has 3 rings (SSSR count). The molecule has 29 heavy (non-hydrogen) atoms. The standard InChI is InChI=1S/C24H25N3O2/c1-17-14-20(16-27(4)24(17)29)10-11-21-12-13-22(28)25-23(21)18(2)26(3)15-19-8-6-5-7-9-19/h5-14,16H,2,15H2,1,3-4H3,(H,25,28)/b11-10+. The fourth-order valence-electron chi connectivity index (χ4n) is 3.19. The lowest BCUT2D eigenvalue weighted by atomic mass is 10.1. The van der Waals surface area contributed by atoms with Crippen molar-refractivity contribution in [1.29, 1.82) is 0 Å². The number of rotatable bonds is 6. The van der Waals surface area contributed by atoms with Gasteiger partial charge in [0.1, 0.15) is 0 Å². The summed E-state index contributed by atoms with van der Waals surface area (Å²) in [7, 11) is 3.68. The highest BCUT2D eigenvalue weighted by Gasteiger charge is 2.11. The van der Waals surface area contributed by atoms with E-state index in [1.807, 2.05) is 48.4 Å². The highest BCUT2D eigenvalue weighted by Crippen LogP contribution is 2.21. The minimum Gasteiger partial charge on any atom is -0.369 e. The number of aryl methyl sites for hydroxylation is 2. The molecular formula is C24H25N3O2. The zero-order valence-corrected chi connectivity index (χ0v) is 17.0. The van der Waals surface area contributed by atoms with Gasteiger partial charge in [-0.05, 0) is 30.2 Å². The van der Waals surface area contributed by atoms with Crippen molar-refractivity contribution < 1.29 is 0 Å². The molecule has 1 N–H and O–H groups in total. The fraction of sp³-hybridized carbons (Fsp3) is 0.167. The van der Waals surface area contributed by atoms with Crippen LogP contribution in [0.25, 0.3) is 17.8 Å². The van der Waals surface area contributed by atoms with E-state index in [1.165, 1.54) is 6.07 Å². The molecule has 0 saturated carbocycles. The molecule has 0 fully saturated rings. The Labute approximate surface area is 170 Å². The first-order valence-corrected chi connectivity index (χ1v) is 9.38. The van der Waals surface area contributed by atoms with E-state index in [-0.39, 0.29) is 11.1 Å². The van der Waals surface area contributed by atoms with Gasteiger partial charge in [-0.1, -0.05) is 49.1 Å². The second-order valence-corrected chi connectivity index (χ2v) is 7.15. The van der Waals surface area contributed by atoms with Crippen molar-refractivity contribution in [3.05, 3.63) is 110 Å². The average Bonchev–Trinajstić information content (AvgIpc) is 2.71. The van der Waals surface area contributed by atoms with E-state index in [0.717, 1.165) is 22.4 Å². The van der Waals surface area contributed by atoms with Crippen molar-refractivity contribution in [3.8, 4) is 0 Å². The van der Waals surface area contributed by atoms with E-state index < -0.39 is 0 Å². The molecule has 0 bridgehead atoms. The second-order valence-electron chi connectivity index (χ2n) is 7.15. The van der Waals surface area contributed by atoms with Gasteiger partial charge in [0.2, 0.25) is 5.56 Å². The fourth-order valence-corrected chi connectivity index (χ4v) is 3.19. The van der Waals surface area contributed by atoms with Gasteiger partial charge < -0.3 is 14.5 Å². The number of nitrogens with zero attached hydrogens (tertiary/aromatic N) is 2. The molecule has 0 aliphatic rings. The summed E-state index contributed by atoms with van der Waals surface area (Å²) in [4.78, 5) is 28.8. The zero-order valence-electron chi connectivity index (χ0n) is 17.0. The highest BCUT2D eigenvalue weighted by atomic mass is 16.1. The van der Waals surface area contributed by atoms with Crippen LogP contribution in [0.4, 0.5) is 0 Å². The lowest BCUT2D eigenvalue weighted by molar-refractivity contribution is 0.474. The van der Waals surface area contributed by atoms with Crippen LogP contribution in [0.5, 0.6) is 0 Å². The maximum absolute atomic E-state index is 12.0. The van der Waals surface area contributed by atoms with Crippen LogP contribution in [0.3, 0.4) is 0 Å². The summed E-state index contributed by atoms with van der Waals surface area (Å²) in [5, 5.41) is 0. The Kier molecular flexibility index (Phi) is 5.98. The molecule has 5 heteroatoms. The van der Waals surface area contributed by atoms with Crippen LogP contribution in [0.2, 0.25) is 0 Å². The normalized spacial score (nSPS) is 11.0. The van der Waals surface area contributed by atoms with Gasteiger partial charge in [0.15, 0.2) is 0 Å². The first-order chi connectivity index (χ1) is 13.8. The van der Waals surface area contributed by atoms with Gasteiger partial charge in [-0.2, -0.15) is 0 Å². The number of hydrogen-bond acceptors (Lipinski definition) is 3. The Hall–Kier alpha value is -3.60. The molecule has 0 aliphatic heterocycles. The number of aromatic nitrogens is 2. The topological polar surface area (TPSA) is 58.1 Å². The van der Waals surface area contributed by atoms with Crippen LogP contribution < -0.4 is 11.1 Å². The summed E-state index contributed by atoms with van der Waals surface area (Å²) in [5.74, 6) is 0. The summed E-state index contributed by atoms with van der Waals surface area (Å²) in [6.45, 7) is 6.67. The summed E-state index contributed by atoms with van der Waals surface area (Å²) in [5.41, 5.74) is 4.81. The molecule has 0 radical (unpaired) electrons. The largest absolute Gasteiger partial charge is 0.369 e. The van der Waals surface area contributed by atoms with Gasteiger partial charge in [0.05, 0.1) is 11.4 Å². The molecule has 0 atom stereocenters. The number of nitrogens with one attached hydrogen (secondary N) is 1. The smallest absolute Gasteiger partial charge is 0.253 e. The van der Waals surface area contributed by atoms with Crippen LogP contribution in [0.15, 0.2) is 70.9 Å². The Bertz CT molecular complexity index is 1140. The van der Waals surface area contributed by atoms with E-state index in [2.05, 4.69) is 23.7 Å². The number of benzene rings is 1. The summed E-state index contributed by atoms with van der Waals surface area (Å²) in [6.07, 6.45) is 5.63. The van der Waals surface area contributed by atoms with Crippen molar-refractivity contribution in [2.45, 2.75) is 13.5 Å². The van der Waals surface area contributed by atoms with Gasteiger partial charge in [-0.15, -0.1) is 0 Å². The zero-order chi connectivity index (χ0) is 21.0. The first-order valence-electron chi connectivity index (χ1n) is 9.38. The summed E-state index contributed by atoms with van der Waals surface area (Å²) in [6, 6.07) is 15.2. The Morgan fingerprint density at radius 1 is 1.14 bits per heavy atom. The predicted molar refractivity (Wildman–Crippen MR) is 119 cm³/mol. The van der Waals surface area contributed by atoms with E-state index in [9.17, 15) is 9.59 Å². The molecule has 0 saturated heterocycles. The molecular weight excluding hydrogens is 362 g/mol. The molecule has 1 aromatic carbocycles. The quantitative estimate of drug-likeness (QED) is 0.702. The average molecular weight is 387 g/mol. The van der Waals surface area contributed by atoms with Crippen LogP contribution in [-0.2, 0) is 13.6 Å². The SMILES string of the molecule is C=C(c1[nH]c(=O)ccc1/C=C/c1cc(C)c(=O)n(C)c1)N(C)Cc1ccccc1. The van der Waals surface area contributed by atoms with Gasteiger partial charge >= 0.3 is 0 Å². The van der Waals surface area contributed by atoms with E-state index in [1.54, 1.807) is 30.8 Å². The van der Waals surface area contributed by atoms with E-state index in [4.69, 9.17) is 0 Å². The lowest BCUT2D eigenvalue weighted by Crippen LogP contribution is -2.19. The third-order valence-electron chi connectivity index (χ3n) is 4.80. The van der Waals surface area contributed by atoms with E-state index in [0.29, 0.717) is 17.8 Å². The van der Waals surface area contributed by atoms with Crippen molar-refractivity contribution in [2.24, 2.45) is 7.05 Å². The van der Waals surface area contributed by atoms with Gasteiger partial charge in [0.25, 0.3) is 5.56 Å². The first kappa shape index (κ1) is 20.1. The molecule has 2 heterocycles. The minimum absolute atomic E-state index is 0.0113. The molecule has 3 aromatic rings. The van der Waals surface area contributed by atoms with Crippen molar-refractivity contribution in [2.75, 3.05) is 7.05 Å². The number of aromatic amines is 1. The van der Waals surface area contributed by atoms with Gasteiger partial charge in [0, 0.05) is 44.0 Å². The number of hydrogen-bond donors (Lipinski definition) is 1. The molecule has 0 spiro atoms. The third kappa shape index (κ3) is 4.82. The molecule has 0 unspecified atom stereocenters. The van der Waals surface area contributed by atoms with Crippen molar-refractivity contribution >= 4 is 17.8 Å². The monoisotopic (exact) mass is 387 g/mol. The number of H-pyrrole nitrogens is 1. The van der Waals surface area contributed by atoms with Crippen LogP contribution in [-0.4, -0.2) is 21.5 Å². The minimum atomic E-state index is -0.177. The Balaban J connectivity index is 1.90. The van der Waals surface area contributed by atoms with Gasteiger partial charge in [-0.25, -0.2) is 0 Å². The maximum Gasteiger partial charge on any atom is 0.253 e. The van der Waals surface area contributed by atoms with Gasteiger partial charge in [-0.3, -0.25) is 9.59 Å². The highest BCUT2D eigenvalue weighted by molar-refractivity contribution is 5.76. The lowest BCUT2D eigenvalue weighted by Gasteiger charge is -2.23. The van der Waals surface area contributed by atoms with Crippen molar-refractivity contribution in [3.63, 3.8) is 0 Å². The Morgan fingerprint density at radius 2 is 1.86 bits per heavy atom. The van der Waals surface area contributed by atoms with Crippen molar-refractivity contribution in [1.82, 2.24) is 14.5 Å². The molecule has 0 aliphatic carbocycles. The molecule has 2 aromatic heterocycles. The Morgan fingerprint density at radius 3 is 2.55 bits per heavy atom. The second kappa shape index (κ2) is 8.61. The molecule has 148 valence electrons. The maximum atomic E-state index is 12.0. The summed E-state index contributed by atoms with van der Waals surface area (Å²) >= 11 is 0. The van der Waals surface area contributed by atoms with Crippen LogP contribution >= 0.6 is 0 Å². The van der Waals surface area contributed by atoms with Crippen LogP contribution in [0, 0.1) is 6.92 Å². The summed E-state index contributed by atoms with van der Waals surface area (Å²) < 4.78 is 1.56. The number of pyridine rings is 2. The third-order valence-corrected chi connectivity index (χ3v) is 4.80. The van der Waals surface area contributed by atoms with Crippen LogP contribution in [0.1, 0.15) is 27.9 Å².